The second-order valence-electron chi connectivity index (χ2n) is 7.62. The third kappa shape index (κ3) is 6.37. The molecule has 2 aromatic rings. The molecule has 1 aliphatic rings. The van der Waals surface area contributed by atoms with Gasteiger partial charge in [0.2, 0.25) is 0 Å². The minimum Gasteiger partial charge on any atom is -0.493 e. The smallest absolute Gasteiger partial charge is 0.194 e. The van der Waals surface area contributed by atoms with E-state index in [-0.39, 0.29) is 0 Å². The van der Waals surface area contributed by atoms with Crippen LogP contribution in [0.3, 0.4) is 0 Å². The number of nitrogens with zero attached hydrogens (tertiary/aromatic N) is 2. The van der Waals surface area contributed by atoms with Crippen LogP contribution < -0.4 is 14.8 Å². The van der Waals surface area contributed by atoms with Gasteiger partial charge in [-0.3, -0.25) is 4.99 Å². The zero-order valence-electron chi connectivity index (χ0n) is 19.6. The number of ether oxygens (including phenoxy) is 4. The van der Waals surface area contributed by atoms with Crippen molar-refractivity contribution in [3.8, 4) is 11.5 Å². The highest BCUT2D eigenvalue weighted by molar-refractivity contribution is 5.80. The Balaban J connectivity index is 1.57. The molecular formula is C25H35N3O4. The molecule has 0 aromatic heterocycles. The topological polar surface area (TPSA) is 64.6 Å². The van der Waals surface area contributed by atoms with E-state index in [0.717, 1.165) is 49.1 Å². The van der Waals surface area contributed by atoms with E-state index in [1.54, 1.807) is 14.2 Å². The van der Waals surface area contributed by atoms with Crippen molar-refractivity contribution in [3.05, 3.63) is 58.7 Å². The summed E-state index contributed by atoms with van der Waals surface area (Å²) in [6, 6.07) is 12.6. The summed E-state index contributed by atoms with van der Waals surface area (Å²) >= 11 is 0. The standard InChI is InChI=1S/C25H35N3O4/c1-5-31-11-12-32-18-20-8-6-7-19(13-20)16-27-25(26-2)28-10-9-21-14-23(29-3)24(30-4)15-22(21)17-28/h6-8,13-15H,5,9-12,16-18H2,1-4H3,(H,26,27). The lowest BCUT2D eigenvalue weighted by atomic mass is 9.99. The van der Waals surface area contributed by atoms with Crippen molar-refractivity contribution in [1.29, 1.82) is 0 Å². The van der Waals surface area contributed by atoms with E-state index in [1.807, 2.05) is 14.0 Å². The third-order valence-electron chi connectivity index (χ3n) is 5.52. The number of guanidine groups is 1. The Hall–Kier alpha value is -2.77. The van der Waals surface area contributed by atoms with Crippen molar-refractivity contribution >= 4 is 5.96 Å². The number of rotatable bonds is 10. The number of benzene rings is 2. The summed E-state index contributed by atoms with van der Waals surface area (Å²) in [4.78, 5) is 6.79. The molecule has 0 saturated carbocycles. The zero-order chi connectivity index (χ0) is 22.8. The number of fused-ring (bicyclic) bond motifs is 1. The van der Waals surface area contributed by atoms with Gasteiger partial charge in [-0.05, 0) is 47.7 Å². The summed E-state index contributed by atoms with van der Waals surface area (Å²) in [5, 5.41) is 3.51. The predicted octanol–water partition coefficient (Wildman–Crippen LogP) is 3.39. The van der Waals surface area contributed by atoms with E-state index in [1.165, 1.54) is 16.7 Å². The Morgan fingerprint density at radius 1 is 1.00 bits per heavy atom. The molecule has 1 heterocycles. The summed E-state index contributed by atoms with van der Waals surface area (Å²) in [6.45, 7) is 6.91. The van der Waals surface area contributed by atoms with Gasteiger partial charge in [-0.25, -0.2) is 0 Å². The Morgan fingerprint density at radius 3 is 2.44 bits per heavy atom. The van der Waals surface area contributed by atoms with Gasteiger partial charge in [-0.1, -0.05) is 24.3 Å². The van der Waals surface area contributed by atoms with Crippen LogP contribution in [-0.2, 0) is 35.6 Å². The van der Waals surface area contributed by atoms with Gasteiger partial charge in [0.1, 0.15) is 0 Å². The van der Waals surface area contributed by atoms with Crippen LogP contribution in [0, 0.1) is 0 Å². The molecule has 7 nitrogen and oxygen atoms in total. The van der Waals surface area contributed by atoms with Crippen LogP contribution in [0.15, 0.2) is 41.4 Å². The molecule has 174 valence electrons. The monoisotopic (exact) mass is 441 g/mol. The van der Waals surface area contributed by atoms with Crippen molar-refractivity contribution in [2.24, 2.45) is 4.99 Å². The number of hydrogen-bond acceptors (Lipinski definition) is 5. The normalized spacial score (nSPS) is 13.6. The van der Waals surface area contributed by atoms with E-state index < -0.39 is 0 Å². The molecule has 1 aliphatic heterocycles. The second kappa shape index (κ2) is 12.3. The lowest BCUT2D eigenvalue weighted by Gasteiger charge is -2.32. The van der Waals surface area contributed by atoms with Gasteiger partial charge in [0.15, 0.2) is 17.5 Å². The Morgan fingerprint density at radius 2 is 1.72 bits per heavy atom. The lowest BCUT2D eigenvalue weighted by molar-refractivity contribution is 0.0453. The average Bonchev–Trinajstić information content (AvgIpc) is 2.83. The van der Waals surface area contributed by atoms with Crippen LogP contribution in [0.25, 0.3) is 0 Å². The fraction of sp³-hybridized carbons (Fsp3) is 0.480. The molecule has 0 amide bonds. The maximum Gasteiger partial charge on any atom is 0.194 e. The average molecular weight is 442 g/mol. The van der Waals surface area contributed by atoms with Crippen LogP contribution in [-0.4, -0.2) is 58.5 Å². The van der Waals surface area contributed by atoms with E-state index in [9.17, 15) is 0 Å². The molecule has 0 bridgehead atoms. The highest BCUT2D eigenvalue weighted by atomic mass is 16.5. The first-order valence-corrected chi connectivity index (χ1v) is 11.1. The van der Waals surface area contributed by atoms with Crippen LogP contribution in [0.5, 0.6) is 11.5 Å². The SMILES string of the molecule is CCOCCOCc1cccc(CNC(=NC)N2CCc3cc(OC)c(OC)cc3C2)c1. The molecule has 1 N–H and O–H groups in total. The molecule has 0 radical (unpaired) electrons. The molecule has 0 saturated heterocycles. The van der Waals surface area contributed by atoms with Crippen molar-refractivity contribution in [2.45, 2.75) is 33.0 Å². The number of methoxy groups -OCH3 is 2. The molecule has 7 heteroatoms. The number of aliphatic imine (C=N–C) groups is 1. The Kier molecular flexibility index (Phi) is 9.19. The van der Waals surface area contributed by atoms with Gasteiger partial charge in [0.05, 0.1) is 34.0 Å². The van der Waals surface area contributed by atoms with Crippen molar-refractivity contribution < 1.29 is 18.9 Å². The van der Waals surface area contributed by atoms with Crippen molar-refractivity contribution in [3.63, 3.8) is 0 Å². The minimum atomic E-state index is 0.587. The number of nitrogens with one attached hydrogen (secondary N) is 1. The van der Waals surface area contributed by atoms with E-state index in [2.05, 4.69) is 51.6 Å². The van der Waals surface area contributed by atoms with E-state index >= 15 is 0 Å². The van der Waals surface area contributed by atoms with Gasteiger partial charge in [-0.15, -0.1) is 0 Å². The van der Waals surface area contributed by atoms with E-state index in [4.69, 9.17) is 18.9 Å². The van der Waals surface area contributed by atoms with Gasteiger partial charge in [0.25, 0.3) is 0 Å². The summed E-state index contributed by atoms with van der Waals surface area (Å²) in [5.41, 5.74) is 4.89. The van der Waals surface area contributed by atoms with Crippen LogP contribution in [0.1, 0.15) is 29.2 Å². The first-order valence-electron chi connectivity index (χ1n) is 11.1. The van der Waals surface area contributed by atoms with Crippen LogP contribution >= 0.6 is 0 Å². The van der Waals surface area contributed by atoms with Gasteiger partial charge >= 0.3 is 0 Å². The van der Waals surface area contributed by atoms with Crippen molar-refractivity contribution in [1.82, 2.24) is 10.2 Å². The molecule has 0 atom stereocenters. The van der Waals surface area contributed by atoms with Gasteiger partial charge in [-0.2, -0.15) is 0 Å². The maximum atomic E-state index is 5.69. The second-order valence-corrected chi connectivity index (χ2v) is 7.62. The molecule has 2 aromatic carbocycles. The van der Waals surface area contributed by atoms with Crippen LogP contribution in [0.2, 0.25) is 0 Å². The largest absolute Gasteiger partial charge is 0.493 e. The Labute approximate surface area is 191 Å². The summed E-state index contributed by atoms with van der Waals surface area (Å²) in [6.07, 6.45) is 0.935. The third-order valence-corrected chi connectivity index (χ3v) is 5.52. The Bertz CT molecular complexity index is 901. The predicted molar refractivity (Wildman–Crippen MR) is 126 cm³/mol. The fourth-order valence-electron chi connectivity index (χ4n) is 3.86. The lowest BCUT2D eigenvalue weighted by Crippen LogP contribution is -2.43. The van der Waals surface area contributed by atoms with Gasteiger partial charge < -0.3 is 29.2 Å². The van der Waals surface area contributed by atoms with Crippen molar-refractivity contribution in [2.75, 3.05) is 47.6 Å². The summed E-state index contributed by atoms with van der Waals surface area (Å²) in [7, 11) is 5.17. The summed E-state index contributed by atoms with van der Waals surface area (Å²) in [5.74, 6) is 2.43. The fourth-order valence-corrected chi connectivity index (χ4v) is 3.86. The molecule has 0 spiro atoms. The van der Waals surface area contributed by atoms with Gasteiger partial charge in [0, 0.05) is 33.3 Å². The van der Waals surface area contributed by atoms with E-state index in [0.29, 0.717) is 26.4 Å². The minimum absolute atomic E-state index is 0.587. The zero-order valence-corrected chi connectivity index (χ0v) is 19.6. The number of hydrogen-bond donors (Lipinski definition) is 1. The molecule has 0 aliphatic carbocycles. The highest BCUT2D eigenvalue weighted by Gasteiger charge is 2.21. The van der Waals surface area contributed by atoms with Crippen LogP contribution in [0.4, 0.5) is 0 Å². The molecule has 0 unspecified atom stereocenters. The maximum absolute atomic E-state index is 5.69. The summed E-state index contributed by atoms with van der Waals surface area (Å²) < 4.78 is 21.9. The molecule has 3 rings (SSSR count). The molecule has 0 fully saturated rings. The first-order chi connectivity index (χ1) is 15.7. The molecular weight excluding hydrogens is 406 g/mol. The quantitative estimate of drug-likeness (QED) is 0.346. The first kappa shape index (κ1) is 23.9. The molecule has 32 heavy (non-hydrogen) atoms. The highest BCUT2D eigenvalue weighted by Crippen LogP contribution is 2.33.